The van der Waals surface area contributed by atoms with E-state index in [0.717, 1.165) is 31.3 Å². The Kier molecular flexibility index (Phi) is 6.67. The van der Waals surface area contributed by atoms with Crippen LogP contribution in [0.1, 0.15) is 12.5 Å². The monoisotopic (exact) mass is 393 g/mol. The summed E-state index contributed by atoms with van der Waals surface area (Å²) in [6.07, 6.45) is 0. The summed E-state index contributed by atoms with van der Waals surface area (Å²) in [6.45, 7) is 5.20. The van der Waals surface area contributed by atoms with Gasteiger partial charge in [0.25, 0.3) is 0 Å². The van der Waals surface area contributed by atoms with E-state index in [0.29, 0.717) is 6.54 Å². The number of aliphatic imine (C=N–C) groups is 1. The van der Waals surface area contributed by atoms with E-state index in [-0.39, 0.29) is 35.2 Å². The predicted octanol–water partition coefficient (Wildman–Crippen LogP) is 2.15. The molecule has 1 heterocycles. The average Bonchev–Trinajstić information content (AvgIpc) is 2.39. The molecule has 0 atom stereocenters. The highest BCUT2D eigenvalue weighted by Crippen LogP contribution is 2.24. The molecule has 112 valence electrons. The Morgan fingerprint density at radius 3 is 2.45 bits per heavy atom. The number of benzene rings is 1. The van der Waals surface area contributed by atoms with Gasteiger partial charge in [0.05, 0.1) is 13.2 Å². The van der Waals surface area contributed by atoms with Crippen molar-refractivity contribution < 1.29 is 9.13 Å². The number of hydrogen-bond donors (Lipinski definition) is 2. The van der Waals surface area contributed by atoms with Gasteiger partial charge in [0.2, 0.25) is 0 Å². The Hall–Kier alpha value is -0.890. The molecule has 4 nitrogen and oxygen atoms in total. The zero-order valence-electron chi connectivity index (χ0n) is 11.8. The third-order valence-electron chi connectivity index (χ3n) is 3.18. The second kappa shape index (κ2) is 7.78. The normalized spacial score (nSPS) is 16.9. The van der Waals surface area contributed by atoms with Crippen LogP contribution in [0, 0.1) is 11.2 Å². The second-order valence-corrected chi connectivity index (χ2v) is 5.21. The number of nitrogens with one attached hydrogen (secondary N) is 2. The summed E-state index contributed by atoms with van der Waals surface area (Å²) in [5.74, 6) is 0.529. The molecule has 0 radical (unpaired) electrons. The molecule has 2 N–H and O–H groups in total. The van der Waals surface area contributed by atoms with Crippen molar-refractivity contribution in [3.8, 4) is 0 Å². The zero-order valence-corrected chi connectivity index (χ0v) is 14.1. The van der Waals surface area contributed by atoms with Gasteiger partial charge in [-0.15, -0.1) is 24.0 Å². The van der Waals surface area contributed by atoms with Gasteiger partial charge in [-0.3, -0.25) is 4.99 Å². The maximum atomic E-state index is 12.8. The van der Waals surface area contributed by atoms with Crippen LogP contribution in [-0.2, 0) is 11.3 Å². The van der Waals surface area contributed by atoms with Gasteiger partial charge in [-0.05, 0) is 17.7 Å². The number of rotatable bonds is 4. The lowest BCUT2D eigenvalue weighted by atomic mass is 9.89. The molecular formula is C14H21FIN3O. The maximum Gasteiger partial charge on any atom is 0.191 e. The summed E-state index contributed by atoms with van der Waals surface area (Å²) in [4.78, 5) is 4.16. The Labute approximate surface area is 136 Å². The van der Waals surface area contributed by atoms with Gasteiger partial charge in [0.15, 0.2) is 5.96 Å². The summed E-state index contributed by atoms with van der Waals surface area (Å²) in [5, 5.41) is 6.48. The van der Waals surface area contributed by atoms with E-state index < -0.39 is 0 Å². The topological polar surface area (TPSA) is 45.7 Å². The molecule has 0 saturated carbocycles. The van der Waals surface area contributed by atoms with Crippen LogP contribution in [-0.4, -0.2) is 32.8 Å². The van der Waals surface area contributed by atoms with Gasteiger partial charge >= 0.3 is 0 Å². The summed E-state index contributed by atoms with van der Waals surface area (Å²) in [7, 11) is 1.74. The molecule has 1 aliphatic rings. The van der Waals surface area contributed by atoms with Gasteiger partial charge < -0.3 is 15.4 Å². The summed E-state index contributed by atoms with van der Waals surface area (Å²) in [6, 6.07) is 6.44. The van der Waals surface area contributed by atoms with Crippen molar-refractivity contribution in [1.29, 1.82) is 0 Å². The van der Waals surface area contributed by atoms with Crippen molar-refractivity contribution in [1.82, 2.24) is 10.6 Å². The zero-order chi connectivity index (χ0) is 13.7. The molecule has 1 saturated heterocycles. The number of halogens is 2. The van der Waals surface area contributed by atoms with Crippen LogP contribution >= 0.6 is 24.0 Å². The number of nitrogens with zero attached hydrogens (tertiary/aromatic N) is 1. The van der Waals surface area contributed by atoms with Crippen LogP contribution in [0.15, 0.2) is 29.3 Å². The highest BCUT2D eigenvalue weighted by Gasteiger charge is 2.33. The fourth-order valence-electron chi connectivity index (χ4n) is 1.86. The average molecular weight is 393 g/mol. The van der Waals surface area contributed by atoms with Gasteiger partial charge in [-0.2, -0.15) is 0 Å². The maximum absolute atomic E-state index is 12.8. The standard InChI is InChI=1S/C14H20FN3O.HI/c1-14(9-19-10-14)8-18-13(16-2)17-7-11-3-5-12(15)6-4-11;/h3-6H,7-10H2,1-2H3,(H2,16,17,18);1H. The van der Waals surface area contributed by atoms with Gasteiger partial charge in [-0.1, -0.05) is 19.1 Å². The molecule has 0 bridgehead atoms. The van der Waals surface area contributed by atoms with Gasteiger partial charge in [-0.25, -0.2) is 4.39 Å². The molecule has 0 aromatic heterocycles. The molecule has 1 aromatic rings. The predicted molar refractivity (Wildman–Crippen MR) is 88.9 cm³/mol. The van der Waals surface area contributed by atoms with Gasteiger partial charge in [0, 0.05) is 25.6 Å². The largest absolute Gasteiger partial charge is 0.380 e. The SMILES string of the molecule is CN=C(NCc1ccc(F)cc1)NCC1(C)COC1.I. The highest BCUT2D eigenvalue weighted by molar-refractivity contribution is 14.0. The van der Waals surface area contributed by atoms with Crippen molar-refractivity contribution >= 4 is 29.9 Å². The van der Waals surface area contributed by atoms with Crippen LogP contribution < -0.4 is 10.6 Å². The number of guanidine groups is 1. The quantitative estimate of drug-likeness (QED) is 0.468. The van der Waals surface area contributed by atoms with Crippen molar-refractivity contribution in [3.63, 3.8) is 0 Å². The molecule has 0 amide bonds. The lowest BCUT2D eigenvalue weighted by Gasteiger charge is -2.38. The smallest absolute Gasteiger partial charge is 0.191 e. The lowest BCUT2D eigenvalue weighted by Crippen LogP contribution is -2.50. The fourth-order valence-corrected chi connectivity index (χ4v) is 1.86. The van der Waals surface area contributed by atoms with E-state index in [1.54, 1.807) is 19.2 Å². The highest BCUT2D eigenvalue weighted by atomic mass is 127. The van der Waals surface area contributed by atoms with Crippen molar-refractivity contribution in [3.05, 3.63) is 35.6 Å². The van der Waals surface area contributed by atoms with Crippen molar-refractivity contribution in [2.24, 2.45) is 10.4 Å². The number of ether oxygens (including phenoxy) is 1. The molecule has 1 fully saturated rings. The first-order valence-corrected chi connectivity index (χ1v) is 6.38. The minimum Gasteiger partial charge on any atom is -0.380 e. The van der Waals surface area contributed by atoms with Gasteiger partial charge in [0.1, 0.15) is 5.82 Å². The van der Waals surface area contributed by atoms with E-state index in [1.165, 1.54) is 12.1 Å². The third kappa shape index (κ3) is 4.90. The molecule has 0 unspecified atom stereocenters. The second-order valence-electron chi connectivity index (χ2n) is 5.21. The molecule has 0 spiro atoms. The molecule has 20 heavy (non-hydrogen) atoms. The van der Waals surface area contributed by atoms with Crippen molar-refractivity contribution in [2.45, 2.75) is 13.5 Å². The molecule has 6 heteroatoms. The van der Waals surface area contributed by atoms with E-state index in [1.807, 2.05) is 0 Å². The molecule has 1 aliphatic heterocycles. The first-order valence-electron chi connectivity index (χ1n) is 6.38. The summed E-state index contributed by atoms with van der Waals surface area (Å²) >= 11 is 0. The van der Waals surface area contributed by atoms with Crippen LogP contribution in [0.25, 0.3) is 0 Å². The molecular weight excluding hydrogens is 372 g/mol. The van der Waals surface area contributed by atoms with E-state index in [4.69, 9.17) is 4.74 Å². The van der Waals surface area contributed by atoms with E-state index in [2.05, 4.69) is 22.5 Å². The van der Waals surface area contributed by atoms with E-state index >= 15 is 0 Å². The van der Waals surface area contributed by atoms with Crippen LogP contribution in [0.3, 0.4) is 0 Å². The Bertz CT molecular complexity index is 446. The van der Waals surface area contributed by atoms with Crippen LogP contribution in [0.4, 0.5) is 4.39 Å². The van der Waals surface area contributed by atoms with Crippen molar-refractivity contribution in [2.75, 3.05) is 26.8 Å². The Morgan fingerprint density at radius 1 is 1.30 bits per heavy atom. The van der Waals surface area contributed by atoms with E-state index in [9.17, 15) is 4.39 Å². The summed E-state index contributed by atoms with van der Waals surface area (Å²) in [5.41, 5.74) is 1.22. The first-order chi connectivity index (χ1) is 9.11. The molecule has 2 rings (SSSR count). The third-order valence-corrected chi connectivity index (χ3v) is 3.18. The fraction of sp³-hybridized carbons (Fsp3) is 0.500. The Balaban J connectivity index is 0.00000200. The van der Waals surface area contributed by atoms with Crippen LogP contribution in [0.2, 0.25) is 0 Å². The molecule has 0 aliphatic carbocycles. The van der Waals surface area contributed by atoms with Crippen LogP contribution in [0.5, 0.6) is 0 Å². The summed E-state index contributed by atoms with van der Waals surface area (Å²) < 4.78 is 18.0. The lowest BCUT2D eigenvalue weighted by molar-refractivity contribution is -0.0971. The molecule has 1 aromatic carbocycles. The minimum atomic E-state index is -0.218. The minimum absolute atomic E-state index is 0. The first kappa shape index (κ1) is 17.2. The Morgan fingerprint density at radius 2 is 1.95 bits per heavy atom. The number of hydrogen-bond acceptors (Lipinski definition) is 2.